The molecule has 0 bridgehead atoms. The lowest BCUT2D eigenvalue weighted by atomic mass is 9.89. The van der Waals surface area contributed by atoms with Crippen molar-refractivity contribution in [2.24, 2.45) is 0 Å². The first-order valence-electron chi connectivity index (χ1n) is 7.88. The van der Waals surface area contributed by atoms with Crippen molar-refractivity contribution < 1.29 is 14.6 Å². The largest absolute Gasteiger partial charge is 0.496 e. The first-order chi connectivity index (χ1) is 10.9. The molecule has 3 heteroatoms. The highest BCUT2D eigenvalue weighted by Gasteiger charge is 2.22. The van der Waals surface area contributed by atoms with Gasteiger partial charge in [-0.05, 0) is 42.0 Å². The molecule has 1 atom stereocenters. The predicted molar refractivity (Wildman–Crippen MR) is 92.3 cm³/mol. The number of aliphatic carboxylic acids is 1. The van der Waals surface area contributed by atoms with Crippen molar-refractivity contribution in [1.82, 2.24) is 0 Å². The molecule has 1 unspecified atom stereocenters. The van der Waals surface area contributed by atoms with Gasteiger partial charge in [0.25, 0.3) is 0 Å². The van der Waals surface area contributed by atoms with Gasteiger partial charge in [0.15, 0.2) is 0 Å². The van der Waals surface area contributed by atoms with Gasteiger partial charge < -0.3 is 9.84 Å². The normalized spacial score (nSPS) is 12.2. The second-order valence-electron chi connectivity index (χ2n) is 6.23. The minimum atomic E-state index is -0.814. The third-order valence-corrected chi connectivity index (χ3v) is 4.16. The predicted octanol–water partition coefficient (Wildman–Crippen LogP) is 4.54. The first kappa shape index (κ1) is 17.1. The Bertz CT molecular complexity index is 672. The van der Waals surface area contributed by atoms with Crippen LogP contribution in [0, 0.1) is 6.92 Å². The van der Waals surface area contributed by atoms with E-state index in [2.05, 4.69) is 13.8 Å². The Kier molecular flexibility index (Phi) is 5.43. The van der Waals surface area contributed by atoms with E-state index >= 15 is 0 Å². The van der Waals surface area contributed by atoms with Crippen LogP contribution in [0.3, 0.4) is 0 Å². The SMILES string of the molecule is COc1ccc(C)cc1CC(C(=O)O)c1ccc(C(C)C)cc1. The molecule has 1 N–H and O–H groups in total. The van der Waals surface area contributed by atoms with Crippen LogP contribution >= 0.6 is 0 Å². The number of carboxylic acids is 1. The maximum atomic E-state index is 11.8. The van der Waals surface area contributed by atoms with Gasteiger partial charge in [-0.15, -0.1) is 0 Å². The summed E-state index contributed by atoms with van der Waals surface area (Å²) in [5.41, 5.74) is 4.06. The third-order valence-electron chi connectivity index (χ3n) is 4.16. The Morgan fingerprint density at radius 1 is 1.09 bits per heavy atom. The van der Waals surface area contributed by atoms with E-state index in [1.807, 2.05) is 49.4 Å². The minimum Gasteiger partial charge on any atom is -0.496 e. The van der Waals surface area contributed by atoms with Crippen molar-refractivity contribution in [3.05, 3.63) is 64.7 Å². The van der Waals surface area contributed by atoms with E-state index in [0.29, 0.717) is 12.3 Å². The van der Waals surface area contributed by atoms with Crippen LogP contribution in [0.25, 0.3) is 0 Å². The summed E-state index contributed by atoms with van der Waals surface area (Å²) < 4.78 is 5.37. The molecule has 2 rings (SSSR count). The van der Waals surface area contributed by atoms with Crippen molar-refractivity contribution in [2.75, 3.05) is 7.11 Å². The molecule has 0 aromatic heterocycles. The quantitative estimate of drug-likeness (QED) is 0.852. The lowest BCUT2D eigenvalue weighted by molar-refractivity contribution is -0.138. The molecule has 3 nitrogen and oxygen atoms in total. The second-order valence-corrected chi connectivity index (χ2v) is 6.23. The number of carbonyl (C=O) groups is 1. The van der Waals surface area contributed by atoms with Crippen LogP contribution in [0.15, 0.2) is 42.5 Å². The van der Waals surface area contributed by atoms with E-state index in [1.54, 1.807) is 7.11 Å². The summed E-state index contributed by atoms with van der Waals surface area (Å²) in [4.78, 5) is 11.8. The van der Waals surface area contributed by atoms with Gasteiger partial charge in [-0.1, -0.05) is 55.8 Å². The van der Waals surface area contributed by atoms with E-state index in [9.17, 15) is 9.90 Å². The summed E-state index contributed by atoms with van der Waals surface area (Å²) in [5.74, 6) is -0.220. The van der Waals surface area contributed by atoms with Gasteiger partial charge in [0, 0.05) is 0 Å². The number of aryl methyl sites for hydroxylation is 1. The fourth-order valence-electron chi connectivity index (χ4n) is 2.75. The Labute approximate surface area is 137 Å². The van der Waals surface area contributed by atoms with Gasteiger partial charge in [0.2, 0.25) is 0 Å². The number of hydrogen-bond acceptors (Lipinski definition) is 2. The summed E-state index contributed by atoms with van der Waals surface area (Å²) in [5, 5.41) is 9.66. The molecule has 0 saturated heterocycles. The number of carboxylic acid groups (broad SMARTS) is 1. The monoisotopic (exact) mass is 312 g/mol. The molecule has 0 heterocycles. The first-order valence-corrected chi connectivity index (χ1v) is 7.88. The number of methoxy groups -OCH3 is 1. The van der Waals surface area contributed by atoms with Crippen LogP contribution in [0.1, 0.15) is 47.9 Å². The molecule has 0 aliphatic rings. The van der Waals surface area contributed by atoms with Crippen LogP contribution in [-0.4, -0.2) is 18.2 Å². The van der Waals surface area contributed by atoms with Crippen molar-refractivity contribution in [2.45, 2.75) is 39.0 Å². The molecule has 0 aliphatic carbocycles. The average molecular weight is 312 g/mol. The van der Waals surface area contributed by atoms with Crippen LogP contribution in [0.2, 0.25) is 0 Å². The van der Waals surface area contributed by atoms with Crippen LogP contribution in [-0.2, 0) is 11.2 Å². The molecule has 2 aromatic rings. The molecule has 0 saturated carbocycles. The maximum Gasteiger partial charge on any atom is 0.311 e. The zero-order valence-electron chi connectivity index (χ0n) is 14.2. The van der Waals surface area contributed by atoms with E-state index in [4.69, 9.17) is 4.74 Å². The van der Waals surface area contributed by atoms with Gasteiger partial charge >= 0.3 is 5.97 Å². The molecular formula is C20H24O3. The molecule has 0 spiro atoms. The third kappa shape index (κ3) is 4.13. The summed E-state index contributed by atoms with van der Waals surface area (Å²) in [6.07, 6.45) is 0.418. The lowest BCUT2D eigenvalue weighted by Gasteiger charge is -2.16. The van der Waals surface area contributed by atoms with Crippen molar-refractivity contribution in [1.29, 1.82) is 0 Å². The summed E-state index contributed by atoms with van der Waals surface area (Å²) in [6, 6.07) is 13.7. The summed E-state index contributed by atoms with van der Waals surface area (Å²) >= 11 is 0. The van der Waals surface area contributed by atoms with Gasteiger partial charge in [0.05, 0.1) is 13.0 Å². The van der Waals surface area contributed by atoms with Crippen molar-refractivity contribution >= 4 is 5.97 Å². The highest BCUT2D eigenvalue weighted by molar-refractivity contribution is 5.76. The maximum absolute atomic E-state index is 11.8. The Morgan fingerprint density at radius 3 is 2.22 bits per heavy atom. The Morgan fingerprint density at radius 2 is 1.70 bits per heavy atom. The van der Waals surface area contributed by atoms with Gasteiger partial charge in [-0.2, -0.15) is 0 Å². The van der Waals surface area contributed by atoms with Crippen LogP contribution < -0.4 is 4.74 Å². The molecule has 23 heavy (non-hydrogen) atoms. The van der Waals surface area contributed by atoms with Gasteiger partial charge in [0.1, 0.15) is 5.75 Å². The van der Waals surface area contributed by atoms with Crippen LogP contribution in [0.5, 0.6) is 5.75 Å². The molecule has 0 amide bonds. The van der Waals surface area contributed by atoms with Crippen molar-refractivity contribution in [3.8, 4) is 5.75 Å². The zero-order chi connectivity index (χ0) is 17.0. The molecule has 122 valence electrons. The Balaban J connectivity index is 2.32. The van der Waals surface area contributed by atoms with Gasteiger partial charge in [-0.3, -0.25) is 4.79 Å². The zero-order valence-corrected chi connectivity index (χ0v) is 14.2. The molecule has 0 radical (unpaired) electrons. The lowest BCUT2D eigenvalue weighted by Crippen LogP contribution is -2.15. The van der Waals surface area contributed by atoms with Crippen LogP contribution in [0.4, 0.5) is 0 Å². The highest BCUT2D eigenvalue weighted by atomic mass is 16.5. The number of rotatable bonds is 6. The fourth-order valence-corrected chi connectivity index (χ4v) is 2.75. The smallest absolute Gasteiger partial charge is 0.311 e. The number of benzene rings is 2. The van der Waals surface area contributed by atoms with E-state index < -0.39 is 11.9 Å². The molecule has 0 fully saturated rings. The summed E-state index contributed by atoms with van der Waals surface area (Å²) in [7, 11) is 1.61. The van der Waals surface area contributed by atoms with E-state index in [0.717, 1.165) is 22.4 Å². The fraction of sp³-hybridized carbons (Fsp3) is 0.350. The Hall–Kier alpha value is -2.29. The minimum absolute atomic E-state index is 0.418. The summed E-state index contributed by atoms with van der Waals surface area (Å²) in [6.45, 7) is 6.25. The van der Waals surface area contributed by atoms with E-state index in [-0.39, 0.29) is 0 Å². The standard InChI is InChI=1S/C20H24O3/c1-13(2)15-6-8-16(9-7-15)18(20(21)22)12-17-11-14(3)5-10-19(17)23-4/h5-11,13,18H,12H2,1-4H3,(H,21,22). The topological polar surface area (TPSA) is 46.5 Å². The number of hydrogen-bond donors (Lipinski definition) is 1. The number of ether oxygens (including phenoxy) is 1. The van der Waals surface area contributed by atoms with Gasteiger partial charge in [-0.25, -0.2) is 0 Å². The highest BCUT2D eigenvalue weighted by Crippen LogP contribution is 2.28. The van der Waals surface area contributed by atoms with E-state index in [1.165, 1.54) is 5.56 Å². The molecule has 0 aliphatic heterocycles. The second kappa shape index (κ2) is 7.32. The molecule has 2 aromatic carbocycles. The van der Waals surface area contributed by atoms with Crippen molar-refractivity contribution in [3.63, 3.8) is 0 Å². The average Bonchev–Trinajstić information content (AvgIpc) is 2.52. The molecular weight excluding hydrogens is 288 g/mol.